The Hall–Kier alpha value is -1.38. The second kappa shape index (κ2) is 5.51. The van der Waals surface area contributed by atoms with Crippen LogP contribution < -0.4 is 5.73 Å². The zero-order valence-electron chi connectivity index (χ0n) is 10.7. The smallest absolute Gasteiger partial charge is 0.0483 e. The summed E-state index contributed by atoms with van der Waals surface area (Å²) in [6, 6.07) is 9.83. The normalized spacial score (nSPS) is 12.4. The van der Waals surface area contributed by atoms with Gasteiger partial charge in [0.05, 0.1) is 0 Å². The molecule has 0 bridgehead atoms. The zero-order valence-corrected chi connectivity index (χ0v) is 11.4. The highest BCUT2D eigenvalue weighted by molar-refractivity contribution is 6.32. The van der Waals surface area contributed by atoms with Crippen LogP contribution in [0.4, 0.5) is 0 Å². The summed E-state index contributed by atoms with van der Waals surface area (Å²) in [5.41, 5.74) is 10.5. The van der Waals surface area contributed by atoms with Crippen molar-refractivity contribution in [3.05, 3.63) is 63.9 Å². The molecule has 3 heteroatoms. The van der Waals surface area contributed by atoms with Crippen molar-refractivity contribution in [2.75, 3.05) is 0 Å². The maximum absolute atomic E-state index is 6.29. The van der Waals surface area contributed by atoms with E-state index in [-0.39, 0.29) is 6.04 Å². The number of benzene rings is 1. The Morgan fingerprint density at radius 3 is 2.61 bits per heavy atom. The van der Waals surface area contributed by atoms with Crippen LogP contribution in [0.25, 0.3) is 0 Å². The number of nitrogens with zero attached hydrogens (tertiary/aromatic N) is 1. The molecule has 2 aromatic rings. The minimum Gasteiger partial charge on any atom is -0.324 e. The third-order valence-electron chi connectivity index (χ3n) is 3.15. The lowest BCUT2D eigenvalue weighted by molar-refractivity contribution is 0.702. The van der Waals surface area contributed by atoms with Crippen LogP contribution in [0.5, 0.6) is 0 Å². The van der Waals surface area contributed by atoms with Gasteiger partial charge in [0.25, 0.3) is 0 Å². The van der Waals surface area contributed by atoms with Gasteiger partial charge in [-0.3, -0.25) is 4.98 Å². The summed E-state index contributed by atoms with van der Waals surface area (Å²) in [4.78, 5) is 4.37. The van der Waals surface area contributed by atoms with Crippen LogP contribution in [0, 0.1) is 13.8 Å². The molecule has 1 atom stereocenters. The zero-order chi connectivity index (χ0) is 13.1. The fraction of sp³-hybridized carbons (Fsp3) is 0.267. The number of nitrogens with two attached hydrogens (primary N) is 1. The van der Waals surface area contributed by atoms with Crippen LogP contribution in [0.1, 0.15) is 28.4 Å². The van der Waals surface area contributed by atoms with Crippen LogP contribution in [-0.2, 0) is 6.42 Å². The third kappa shape index (κ3) is 2.71. The molecule has 0 aliphatic carbocycles. The van der Waals surface area contributed by atoms with Crippen LogP contribution in [-0.4, -0.2) is 4.98 Å². The van der Waals surface area contributed by atoms with E-state index in [0.29, 0.717) is 6.42 Å². The van der Waals surface area contributed by atoms with Crippen molar-refractivity contribution in [2.24, 2.45) is 5.73 Å². The van der Waals surface area contributed by atoms with Crippen molar-refractivity contribution in [3.63, 3.8) is 0 Å². The van der Waals surface area contributed by atoms with Gasteiger partial charge in [0.1, 0.15) is 0 Å². The first-order valence-electron chi connectivity index (χ1n) is 6.00. The van der Waals surface area contributed by atoms with Gasteiger partial charge in [-0.2, -0.15) is 0 Å². The third-order valence-corrected chi connectivity index (χ3v) is 3.67. The number of hydrogen-bond acceptors (Lipinski definition) is 2. The van der Waals surface area contributed by atoms with E-state index in [4.69, 9.17) is 17.3 Å². The molecular formula is C15H17ClN2. The molecule has 0 amide bonds. The van der Waals surface area contributed by atoms with Gasteiger partial charge in [-0.15, -0.1) is 0 Å². The lowest BCUT2D eigenvalue weighted by Crippen LogP contribution is -2.15. The monoisotopic (exact) mass is 260 g/mol. The lowest BCUT2D eigenvalue weighted by atomic mass is 9.99. The molecule has 18 heavy (non-hydrogen) atoms. The van der Waals surface area contributed by atoms with E-state index in [9.17, 15) is 0 Å². The maximum atomic E-state index is 6.29. The summed E-state index contributed by atoms with van der Waals surface area (Å²) in [5, 5.41) is 0.763. The summed E-state index contributed by atoms with van der Waals surface area (Å²) < 4.78 is 0. The van der Waals surface area contributed by atoms with Crippen molar-refractivity contribution in [3.8, 4) is 0 Å². The van der Waals surface area contributed by atoms with Crippen LogP contribution in [0.3, 0.4) is 0 Å². The van der Waals surface area contributed by atoms with Crippen molar-refractivity contribution in [2.45, 2.75) is 26.3 Å². The molecular weight excluding hydrogens is 244 g/mol. The number of hydrogen-bond donors (Lipinski definition) is 1. The van der Waals surface area contributed by atoms with E-state index in [2.05, 4.69) is 4.98 Å². The van der Waals surface area contributed by atoms with E-state index in [0.717, 1.165) is 27.4 Å². The highest BCUT2D eigenvalue weighted by Crippen LogP contribution is 2.27. The van der Waals surface area contributed by atoms with Crippen molar-refractivity contribution >= 4 is 11.6 Å². The summed E-state index contributed by atoms with van der Waals surface area (Å²) in [5.74, 6) is 0. The molecule has 1 heterocycles. The number of halogens is 1. The molecule has 0 fully saturated rings. The molecule has 1 aromatic carbocycles. The molecule has 2 rings (SSSR count). The first-order valence-corrected chi connectivity index (χ1v) is 6.38. The lowest BCUT2D eigenvalue weighted by Gasteiger charge is -2.15. The maximum Gasteiger partial charge on any atom is 0.0483 e. The highest BCUT2D eigenvalue weighted by Gasteiger charge is 2.13. The van der Waals surface area contributed by atoms with E-state index in [1.807, 2.05) is 44.2 Å². The van der Waals surface area contributed by atoms with E-state index in [1.54, 1.807) is 6.20 Å². The second-order valence-corrected chi connectivity index (χ2v) is 4.93. The van der Waals surface area contributed by atoms with Crippen LogP contribution >= 0.6 is 11.6 Å². The van der Waals surface area contributed by atoms with Gasteiger partial charge < -0.3 is 5.73 Å². The Bertz CT molecular complexity index is 552. The van der Waals surface area contributed by atoms with Gasteiger partial charge in [-0.1, -0.05) is 35.9 Å². The van der Waals surface area contributed by atoms with Crippen molar-refractivity contribution < 1.29 is 0 Å². The van der Waals surface area contributed by atoms with Gasteiger partial charge in [0.2, 0.25) is 0 Å². The predicted octanol–water partition coefficient (Wildman–Crippen LogP) is 3.59. The van der Waals surface area contributed by atoms with Gasteiger partial charge >= 0.3 is 0 Å². The Morgan fingerprint density at radius 1 is 1.17 bits per heavy atom. The van der Waals surface area contributed by atoms with Crippen LogP contribution in [0.15, 0.2) is 36.5 Å². The SMILES string of the molecule is Cc1cccnc1CC(N)c1cccc(C)c1Cl. The quantitative estimate of drug-likeness (QED) is 0.916. The Balaban J connectivity index is 2.25. The molecule has 1 aromatic heterocycles. The molecule has 0 aliphatic rings. The van der Waals surface area contributed by atoms with Gasteiger partial charge in [0, 0.05) is 29.4 Å². The first kappa shape index (κ1) is 13.1. The Labute approximate surface area is 113 Å². The number of aryl methyl sites for hydroxylation is 2. The van der Waals surface area contributed by atoms with Crippen molar-refractivity contribution in [1.82, 2.24) is 4.98 Å². The number of aromatic nitrogens is 1. The van der Waals surface area contributed by atoms with Gasteiger partial charge in [-0.25, -0.2) is 0 Å². The molecule has 94 valence electrons. The van der Waals surface area contributed by atoms with E-state index < -0.39 is 0 Å². The molecule has 2 N–H and O–H groups in total. The molecule has 0 radical (unpaired) electrons. The van der Waals surface area contributed by atoms with Gasteiger partial charge in [-0.05, 0) is 36.6 Å². The highest BCUT2D eigenvalue weighted by atomic mass is 35.5. The molecule has 0 saturated heterocycles. The fourth-order valence-electron chi connectivity index (χ4n) is 2.01. The first-order chi connectivity index (χ1) is 8.59. The largest absolute Gasteiger partial charge is 0.324 e. The average molecular weight is 261 g/mol. The minimum atomic E-state index is -0.119. The number of rotatable bonds is 3. The molecule has 2 nitrogen and oxygen atoms in total. The molecule has 0 aliphatic heterocycles. The predicted molar refractivity (Wildman–Crippen MR) is 75.8 cm³/mol. The topological polar surface area (TPSA) is 38.9 Å². The van der Waals surface area contributed by atoms with E-state index >= 15 is 0 Å². The molecule has 0 saturated carbocycles. The van der Waals surface area contributed by atoms with Crippen LogP contribution in [0.2, 0.25) is 5.02 Å². The van der Waals surface area contributed by atoms with Crippen molar-refractivity contribution in [1.29, 1.82) is 0 Å². The molecule has 1 unspecified atom stereocenters. The summed E-state index contributed by atoms with van der Waals surface area (Å²) in [6.45, 7) is 4.04. The summed E-state index contributed by atoms with van der Waals surface area (Å²) in [7, 11) is 0. The summed E-state index contributed by atoms with van der Waals surface area (Å²) >= 11 is 6.29. The standard InChI is InChI=1S/C15H17ClN2/c1-10-6-4-8-18-14(10)9-13(17)12-7-3-5-11(2)15(12)16/h3-8,13H,9,17H2,1-2H3. The Morgan fingerprint density at radius 2 is 1.89 bits per heavy atom. The van der Waals surface area contributed by atoms with Gasteiger partial charge in [0.15, 0.2) is 0 Å². The average Bonchev–Trinajstić information content (AvgIpc) is 2.35. The minimum absolute atomic E-state index is 0.119. The summed E-state index contributed by atoms with van der Waals surface area (Å²) in [6.07, 6.45) is 2.50. The number of pyridine rings is 1. The molecule has 0 spiro atoms. The van der Waals surface area contributed by atoms with E-state index in [1.165, 1.54) is 0 Å². The second-order valence-electron chi connectivity index (χ2n) is 4.56. The fourth-order valence-corrected chi connectivity index (χ4v) is 2.27. The Kier molecular flexibility index (Phi) is 4.00.